The molecule has 2 aromatic rings. The third-order valence-corrected chi connectivity index (χ3v) is 3.09. The first-order chi connectivity index (χ1) is 8.74. The Labute approximate surface area is 110 Å². The van der Waals surface area contributed by atoms with Gasteiger partial charge in [0.1, 0.15) is 5.38 Å². The Kier molecular flexibility index (Phi) is 3.76. The number of hydrogen-bond donors (Lipinski definition) is 0. The van der Waals surface area contributed by atoms with Crippen molar-refractivity contribution < 1.29 is 4.79 Å². The van der Waals surface area contributed by atoms with E-state index in [4.69, 9.17) is 16.9 Å². The summed E-state index contributed by atoms with van der Waals surface area (Å²) in [5.41, 5.74) is 1.45. The minimum absolute atomic E-state index is 0.250. The number of Topliss-reactive ketones (excluding diaryl/α,β-unsaturated/α-hetero) is 1. The molecule has 0 heterocycles. The van der Waals surface area contributed by atoms with Crippen LogP contribution >= 0.6 is 11.6 Å². The van der Waals surface area contributed by atoms with E-state index in [0.717, 1.165) is 5.56 Å². The molecule has 2 rings (SSSR count). The third kappa shape index (κ3) is 2.42. The summed E-state index contributed by atoms with van der Waals surface area (Å²) in [6, 6.07) is 17.8. The average molecular weight is 256 g/mol. The number of rotatable bonds is 3. The van der Waals surface area contributed by atoms with Crippen molar-refractivity contribution in [3.05, 3.63) is 71.3 Å². The quantitative estimate of drug-likeness (QED) is 0.619. The van der Waals surface area contributed by atoms with Crippen molar-refractivity contribution in [2.75, 3.05) is 0 Å². The minimum atomic E-state index is -0.763. The molecule has 18 heavy (non-hydrogen) atoms. The van der Waals surface area contributed by atoms with Gasteiger partial charge in [-0.05, 0) is 11.6 Å². The predicted octanol–water partition coefficient (Wildman–Crippen LogP) is 3.72. The number of benzene rings is 2. The van der Waals surface area contributed by atoms with E-state index in [1.165, 1.54) is 0 Å². The normalized spacial score (nSPS) is 11.6. The van der Waals surface area contributed by atoms with Gasteiger partial charge in [0.15, 0.2) is 5.78 Å². The van der Waals surface area contributed by atoms with E-state index in [0.29, 0.717) is 11.1 Å². The molecule has 0 radical (unpaired) electrons. The highest BCUT2D eigenvalue weighted by atomic mass is 35.5. The molecule has 1 unspecified atom stereocenters. The van der Waals surface area contributed by atoms with E-state index in [2.05, 4.69) is 0 Å². The fraction of sp³-hybridized carbons (Fsp3) is 0.0667. The van der Waals surface area contributed by atoms with Gasteiger partial charge in [0.2, 0.25) is 0 Å². The molecule has 0 aromatic heterocycles. The molecule has 0 amide bonds. The number of carbonyl (C=O) groups is 1. The molecule has 0 aliphatic heterocycles. The highest BCUT2D eigenvalue weighted by molar-refractivity contribution is 6.34. The summed E-state index contributed by atoms with van der Waals surface area (Å²) in [5, 5.41) is 8.21. The van der Waals surface area contributed by atoms with Crippen molar-refractivity contribution in [3.8, 4) is 6.07 Å². The zero-order chi connectivity index (χ0) is 13.0. The number of nitriles is 1. The van der Waals surface area contributed by atoms with Gasteiger partial charge < -0.3 is 0 Å². The van der Waals surface area contributed by atoms with E-state index in [1.807, 2.05) is 24.3 Å². The lowest BCUT2D eigenvalue weighted by molar-refractivity contribution is 0.0987. The third-order valence-electron chi connectivity index (χ3n) is 2.64. The lowest BCUT2D eigenvalue weighted by atomic mass is 9.99. The van der Waals surface area contributed by atoms with Gasteiger partial charge in [-0.2, -0.15) is 5.26 Å². The van der Waals surface area contributed by atoms with Crippen LogP contribution in [0.15, 0.2) is 54.6 Å². The Morgan fingerprint density at radius 3 is 2.33 bits per heavy atom. The van der Waals surface area contributed by atoms with Crippen molar-refractivity contribution in [1.29, 1.82) is 5.26 Å². The van der Waals surface area contributed by atoms with Crippen molar-refractivity contribution in [3.63, 3.8) is 0 Å². The Morgan fingerprint density at radius 1 is 1.06 bits per heavy atom. The molecule has 2 aromatic carbocycles. The molecule has 0 aliphatic carbocycles. The Morgan fingerprint density at radius 2 is 1.67 bits per heavy atom. The summed E-state index contributed by atoms with van der Waals surface area (Å²) in [6.45, 7) is 0. The van der Waals surface area contributed by atoms with Gasteiger partial charge >= 0.3 is 0 Å². The van der Waals surface area contributed by atoms with Crippen LogP contribution in [-0.2, 0) is 0 Å². The molecule has 3 heteroatoms. The number of ketones is 1. The minimum Gasteiger partial charge on any atom is -0.292 e. The highest BCUT2D eigenvalue weighted by Crippen LogP contribution is 2.26. The van der Waals surface area contributed by atoms with E-state index >= 15 is 0 Å². The first-order valence-corrected chi connectivity index (χ1v) is 5.90. The van der Waals surface area contributed by atoms with Crippen molar-refractivity contribution in [2.24, 2.45) is 0 Å². The first-order valence-electron chi connectivity index (χ1n) is 5.46. The Balaban J connectivity index is 2.35. The van der Waals surface area contributed by atoms with Crippen LogP contribution in [0.5, 0.6) is 0 Å². The second-order valence-corrected chi connectivity index (χ2v) is 4.23. The number of hydrogen-bond acceptors (Lipinski definition) is 2. The molecule has 0 saturated heterocycles. The molecule has 0 N–H and O–H groups in total. The van der Waals surface area contributed by atoms with Gasteiger partial charge in [0.25, 0.3) is 0 Å². The van der Waals surface area contributed by atoms with Crippen LogP contribution in [0.2, 0.25) is 0 Å². The van der Waals surface area contributed by atoms with Crippen molar-refractivity contribution >= 4 is 17.4 Å². The summed E-state index contributed by atoms with van der Waals surface area (Å²) in [5.74, 6) is -0.250. The van der Waals surface area contributed by atoms with Gasteiger partial charge in [0, 0.05) is 5.56 Å². The Bertz CT molecular complexity index is 601. The Hall–Kier alpha value is -2.11. The van der Waals surface area contributed by atoms with Crippen LogP contribution in [0.1, 0.15) is 26.9 Å². The first kappa shape index (κ1) is 12.3. The standard InChI is InChI=1S/C15H10ClNO/c16-14(11-6-2-1-3-7-11)15(18)13-9-5-4-8-12(13)10-17/h1-9,14H. The molecule has 0 spiro atoms. The predicted molar refractivity (Wildman–Crippen MR) is 70.5 cm³/mol. The van der Waals surface area contributed by atoms with Crippen LogP contribution < -0.4 is 0 Å². The second kappa shape index (κ2) is 5.48. The van der Waals surface area contributed by atoms with Gasteiger partial charge in [-0.15, -0.1) is 11.6 Å². The SMILES string of the molecule is N#Cc1ccccc1C(=O)C(Cl)c1ccccc1. The van der Waals surface area contributed by atoms with Gasteiger partial charge in [-0.25, -0.2) is 0 Å². The topological polar surface area (TPSA) is 40.9 Å². The lowest BCUT2D eigenvalue weighted by Gasteiger charge is -2.09. The maximum atomic E-state index is 12.2. The van der Waals surface area contributed by atoms with Crippen LogP contribution in [0.25, 0.3) is 0 Å². The fourth-order valence-electron chi connectivity index (χ4n) is 1.71. The summed E-state index contributed by atoms with van der Waals surface area (Å²) >= 11 is 6.16. The smallest absolute Gasteiger partial charge is 0.186 e. The van der Waals surface area contributed by atoms with Crippen molar-refractivity contribution in [1.82, 2.24) is 0 Å². The van der Waals surface area contributed by atoms with Crippen LogP contribution in [0, 0.1) is 11.3 Å². The van der Waals surface area contributed by atoms with Crippen molar-refractivity contribution in [2.45, 2.75) is 5.38 Å². The number of alkyl halides is 1. The maximum absolute atomic E-state index is 12.2. The molecule has 2 nitrogen and oxygen atoms in total. The number of nitrogens with zero attached hydrogens (tertiary/aromatic N) is 1. The summed E-state index contributed by atoms with van der Waals surface area (Å²) in [7, 11) is 0. The molecule has 0 aliphatic rings. The molecule has 0 saturated carbocycles. The largest absolute Gasteiger partial charge is 0.292 e. The van der Waals surface area contributed by atoms with E-state index in [9.17, 15) is 4.79 Å². The fourth-order valence-corrected chi connectivity index (χ4v) is 1.97. The summed E-state index contributed by atoms with van der Waals surface area (Å²) in [6.07, 6.45) is 0. The number of halogens is 1. The maximum Gasteiger partial charge on any atom is 0.186 e. The van der Waals surface area contributed by atoms with Crippen LogP contribution in [0.4, 0.5) is 0 Å². The summed E-state index contributed by atoms with van der Waals surface area (Å²) < 4.78 is 0. The summed E-state index contributed by atoms with van der Waals surface area (Å²) in [4.78, 5) is 12.2. The van der Waals surface area contributed by atoms with Crippen LogP contribution in [-0.4, -0.2) is 5.78 Å². The zero-order valence-corrected chi connectivity index (χ0v) is 10.3. The molecule has 0 bridgehead atoms. The average Bonchev–Trinajstić information content (AvgIpc) is 2.46. The van der Waals surface area contributed by atoms with E-state index in [1.54, 1.807) is 36.4 Å². The van der Waals surface area contributed by atoms with Gasteiger partial charge in [0.05, 0.1) is 11.6 Å². The molecule has 1 atom stereocenters. The van der Waals surface area contributed by atoms with E-state index < -0.39 is 5.38 Å². The van der Waals surface area contributed by atoms with E-state index in [-0.39, 0.29) is 5.78 Å². The molecular formula is C15H10ClNO. The molecular weight excluding hydrogens is 246 g/mol. The highest BCUT2D eigenvalue weighted by Gasteiger charge is 2.21. The van der Waals surface area contributed by atoms with Gasteiger partial charge in [-0.1, -0.05) is 48.5 Å². The monoisotopic (exact) mass is 255 g/mol. The zero-order valence-electron chi connectivity index (χ0n) is 9.51. The molecule has 88 valence electrons. The second-order valence-electron chi connectivity index (χ2n) is 3.79. The van der Waals surface area contributed by atoms with Gasteiger partial charge in [-0.3, -0.25) is 4.79 Å². The van der Waals surface area contributed by atoms with Crippen LogP contribution in [0.3, 0.4) is 0 Å². The lowest BCUT2D eigenvalue weighted by Crippen LogP contribution is -2.09. The number of carbonyl (C=O) groups excluding carboxylic acids is 1. The molecule has 0 fully saturated rings.